The van der Waals surface area contributed by atoms with Crippen LogP contribution in [-0.4, -0.2) is 16.8 Å². The maximum absolute atomic E-state index is 5.22. The van der Waals surface area contributed by atoms with Gasteiger partial charge in [0.1, 0.15) is 5.76 Å². The molecule has 3 rings (SSSR count). The minimum Gasteiger partial charge on any atom is -0.361 e. The van der Waals surface area contributed by atoms with Gasteiger partial charge in [0, 0.05) is 24.0 Å². The molecular formula is C15H21N3O. The van der Waals surface area contributed by atoms with Gasteiger partial charge in [-0.2, -0.15) is 0 Å². The summed E-state index contributed by atoms with van der Waals surface area (Å²) in [4.78, 5) is 0. The van der Waals surface area contributed by atoms with Gasteiger partial charge in [0.15, 0.2) is 0 Å². The number of rotatable bonds is 5. The summed E-state index contributed by atoms with van der Waals surface area (Å²) in [7, 11) is 2.05. The second kappa shape index (κ2) is 4.85. The molecule has 1 aliphatic rings. The highest BCUT2D eigenvalue weighted by Gasteiger charge is 2.31. The van der Waals surface area contributed by atoms with Gasteiger partial charge in [-0.3, -0.25) is 0 Å². The van der Waals surface area contributed by atoms with Crippen LogP contribution >= 0.6 is 0 Å². The summed E-state index contributed by atoms with van der Waals surface area (Å²) in [6, 6.07) is 2.73. The van der Waals surface area contributed by atoms with Gasteiger partial charge >= 0.3 is 0 Å². The van der Waals surface area contributed by atoms with Crippen LogP contribution in [0.25, 0.3) is 0 Å². The number of hydrogen-bond donors (Lipinski definition) is 1. The normalized spacial score (nSPS) is 16.8. The Morgan fingerprint density at radius 1 is 1.47 bits per heavy atom. The van der Waals surface area contributed by atoms with Crippen LogP contribution in [0.5, 0.6) is 0 Å². The van der Waals surface area contributed by atoms with Crippen molar-refractivity contribution in [1.82, 2.24) is 15.0 Å². The second-order valence-corrected chi connectivity index (χ2v) is 5.52. The molecule has 0 saturated heterocycles. The Kier molecular flexibility index (Phi) is 3.19. The highest BCUT2D eigenvalue weighted by atomic mass is 16.5. The van der Waals surface area contributed by atoms with E-state index in [1.165, 1.54) is 24.0 Å². The summed E-state index contributed by atoms with van der Waals surface area (Å²) < 4.78 is 7.43. The average molecular weight is 259 g/mol. The topological polar surface area (TPSA) is 43.0 Å². The Balaban J connectivity index is 1.78. The summed E-state index contributed by atoms with van der Waals surface area (Å²) in [6.07, 6.45) is 7.08. The van der Waals surface area contributed by atoms with E-state index in [4.69, 9.17) is 4.52 Å². The Morgan fingerprint density at radius 3 is 2.84 bits per heavy atom. The molecule has 1 atom stereocenters. The molecule has 2 heterocycles. The molecule has 0 spiro atoms. The molecule has 1 unspecified atom stereocenters. The van der Waals surface area contributed by atoms with Gasteiger partial charge in [0.2, 0.25) is 0 Å². The van der Waals surface area contributed by atoms with Crippen LogP contribution in [0.2, 0.25) is 0 Å². The molecule has 19 heavy (non-hydrogen) atoms. The number of nitrogens with zero attached hydrogens (tertiary/aromatic N) is 2. The van der Waals surface area contributed by atoms with Gasteiger partial charge in [-0.1, -0.05) is 5.16 Å². The van der Waals surface area contributed by atoms with Crippen molar-refractivity contribution in [1.29, 1.82) is 0 Å². The third-order valence-corrected chi connectivity index (χ3v) is 4.06. The van der Waals surface area contributed by atoms with Gasteiger partial charge in [0.25, 0.3) is 0 Å². The molecule has 0 amide bonds. The molecule has 1 N–H and O–H groups in total. The number of hydrogen-bond acceptors (Lipinski definition) is 3. The highest BCUT2D eigenvalue weighted by Crippen LogP contribution is 2.40. The van der Waals surface area contributed by atoms with Gasteiger partial charge < -0.3 is 14.4 Å². The van der Waals surface area contributed by atoms with E-state index in [2.05, 4.69) is 40.5 Å². The van der Waals surface area contributed by atoms with Crippen molar-refractivity contribution < 1.29 is 4.52 Å². The Bertz CT molecular complexity index is 546. The second-order valence-electron chi connectivity index (χ2n) is 5.52. The highest BCUT2D eigenvalue weighted by molar-refractivity contribution is 5.24. The lowest BCUT2D eigenvalue weighted by atomic mass is 10.1. The number of nitrogens with one attached hydrogen (secondary N) is 1. The number of aryl methyl sites for hydroxylation is 2. The standard InChI is InChI=1S/C15H21N3O/c1-10-14(11(2)19-17-10)9-18-7-6-13(8-18)15(16-3)12-4-5-12/h6-8,12,15-16H,4-5,9H2,1-3H3. The van der Waals surface area contributed by atoms with E-state index in [0.29, 0.717) is 6.04 Å². The van der Waals surface area contributed by atoms with Crippen LogP contribution in [0.4, 0.5) is 0 Å². The van der Waals surface area contributed by atoms with Crippen LogP contribution in [0.15, 0.2) is 23.0 Å². The lowest BCUT2D eigenvalue weighted by molar-refractivity contribution is 0.392. The fraction of sp³-hybridized carbons (Fsp3) is 0.533. The van der Waals surface area contributed by atoms with Gasteiger partial charge in [0.05, 0.1) is 12.2 Å². The third kappa shape index (κ3) is 2.45. The summed E-state index contributed by atoms with van der Waals surface area (Å²) >= 11 is 0. The molecule has 1 aliphatic carbocycles. The minimum absolute atomic E-state index is 0.505. The van der Waals surface area contributed by atoms with Crippen molar-refractivity contribution in [3.63, 3.8) is 0 Å². The zero-order valence-corrected chi connectivity index (χ0v) is 11.8. The largest absolute Gasteiger partial charge is 0.361 e. The van der Waals surface area contributed by atoms with E-state index in [1.807, 2.05) is 13.8 Å². The first-order valence-electron chi connectivity index (χ1n) is 6.93. The first-order valence-corrected chi connectivity index (χ1v) is 6.93. The predicted octanol–water partition coefficient (Wildman–Crippen LogP) is 2.81. The average Bonchev–Trinajstić information content (AvgIpc) is 3.05. The Labute approximate surface area is 113 Å². The first-order chi connectivity index (χ1) is 9.19. The van der Waals surface area contributed by atoms with Crippen molar-refractivity contribution in [3.8, 4) is 0 Å². The molecule has 1 saturated carbocycles. The molecule has 4 heteroatoms. The smallest absolute Gasteiger partial charge is 0.138 e. The summed E-state index contributed by atoms with van der Waals surface area (Å²) in [5.74, 6) is 1.74. The van der Waals surface area contributed by atoms with Crippen molar-refractivity contribution in [2.45, 2.75) is 39.3 Å². The molecule has 2 aromatic rings. The zero-order chi connectivity index (χ0) is 13.4. The van der Waals surface area contributed by atoms with Crippen LogP contribution < -0.4 is 5.32 Å². The molecule has 0 aliphatic heterocycles. The first kappa shape index (κ1) is 12.5. The molecule has 0 radical (unpaired) electrons. The SMILES string of the molecule is CNC(c1ccn(Cc2c(C)noc2C)c1)C1CC1. The maximum Gasteiger partial charge on any atom is 0.138 e. The summed E-state index contributed by atoms with van der Waals surface area (Å²) in [5.41, 5.74) is 3.56. The van der Waals surface area contributed by atoms with E-state index in [-0.39, 0.29) is 0 Å². The number of aromatic nitrogens is 2. The molecule has 4 nitrogen and oxygen atoms in total. The molecule has 0 bridgehead atoms. The fourth-order valence-electron chi connectivity index (χ4n) is 2.76. The van der Waals surface area contributed by atoms with Crippen LogP contribution in [0.1, 0.15) is 41.5 Å². The molecule has 2 aromatic heterocycles. The van der Waals surface area contributed by atoms with Crippen molar-refractivity contribution in [3.05, 3.63) is 41.0 Å². The van der Waals surface area contributed by atoms with E-state index in [0.717, 1.165) is 23.9 Å². The Hall–Kier alpha value is -1.55. The van der Waals surface area contributed by atoms with Crippen LogP contribution in [0.3, 0.4) is 0 Å². The lowest BCUT2D eigenvalue weighted by Gasteiger charge is -2.13. The van der Waals surface area contributed by atoms with Crippen molar-refractivity contribution in [2.24, 2.45) is 5.92 Å². The van der Waals surface area contributed by atoms with E-state index < -0.39 is 0 Å². The fourth-order valence-corrected chi connectivity index (χ4v) is 2.76. The minimum atomic E-state index is 0.505. The van der Waals surface area contributed by atoms with Gasteiger partial charge in [-0.25, -0.2) is 0 Å². The third-order valence-electron chi connectivity index (χ3n) is 4.06. The molecule has 1 fully saturated rings. The van der Waals surface area contributed by atoms with Crippen molar-refractivity contribution in [2.75, 3.05) is 7.05 Å². The van der Waals surface area contributed by atoms with E-state index in [9.17, 15) is 0 Å². The van der Waals surface area contributed by atoms with E-state index in [1.54, 1.807) is 0 Å². The zero-order valence-electron chi connectivity index (χ0n) is 11.8. The lowest BCUT2D eigenvalue weighted by Crippen LogP contribution is -2.17. The molecular weight excluding hydrogens is 238 g/mol. The van der Waals surface area contributed by atoms with Crippen molar-refractivity contribution >= 4 is 0 Å². The summed E-state index contributed by atoms with van der Waals surface area (Å²) in [5, 5.41) is 7.44. The van der Waals surface area contributed by atoms with Gasteiger partial charge in [-0.15, -0.1) is 0 Å². The Morgan fingerprint density at radius 2 is 2.26 bits per heavy atom. The quantitative estimate of drug-likeness (QED) is 0.898. The molecule has 0 aromatic carbocycles. The summed E-state index contributed by atoms with van der Waals surface area (Å²) in [6.45, 7) is 4.81. The molecule has 102 valence electrons. The monoisotopic (exact) mass is 259 g/mol. The van der Waals surface area contributed by atoms with E-state index >= 15 is 0 Å². The van der Waals surface area contributed by atoms with Crippen LogP contribution in [-0.2, 0) is 6.54 Å². The van der Waals surface area contributed by atoms with Crippen LogP contribution in [0, 0.1) is 19.8 Å². The maximum atomic E-state index is 5.22. The van der Waals surface area contributed by atoms with Gasteiger partial charge in [-0.05, 0) is 51.3 Å². The predicted molar refractivity (Wildman–Crippen MR) is 74.0 cm³/mol.